The second-order valence-corrected chi connectivity index (χ2v) is 5.80. The minimum Gasteiger partial charge on any atom is -0.390 e. The predicted molar refractivity (Wildman–Crippen MR) is 87.5 cm³/mol. The number of aliphatic hydroxyl groups is 1. The minimum atomic E-state index is -0.661. The summed E-state index contributed by atoms with van der Waals surface area (Å²) in [5.74, 6) is 0. The van der Waals surface area contributed by atoms with Gasteiger partial charge in [0.15, 0.2) is 0 Å². The minimum absolute atomic E-state index is 0.161. The van der Waals surface area contributed by atoms with Gasteiger partial charge in [-0.15, -0.1) is 0 Å². The molecule has 22 heavy (non-hydrogen) atoms. The zero-order chi connectivity index (χ0) is 15.9. The summed E-state index contributed by atoms with van der Waals surface area (Å²) in [6, 6.07) is 5.31. The van der Waals surface area contributed by atoms with Crippen LogP contribution in [0.4, 0.5) is 0 Å². The van der Waals surface area contributed by atoms with Gasteiger partial charge in [0.1, 0.15) is 5.52 Å². The van der Waals surface area contributed by atoms with Gasteiger partial charge in [-0.3, -0.25) is 9.89 Å². The van der Waals surface area contributed by atoms with Crippen LogP contribution in [-0.4, -0.2) is 39.6 Å². The van der Waals surface area contributed by atoms with Crippen molar-refractivity contribution in [2.75, 3.05) is 13.6 Å². The smallest absolute Gasteiger partial charge is 0.262 e. The monoisotopic (exact) mass is 320 g/mol. The first-order chi connectivity index (χ1) is 10.5. The molecule has 0 aliphatic rings. The van der Waals surface area contributed by atoms with Gasteiger partial charge in [0, 0.05) is 22.6 Å². The Balaban J connectivity index is 2.34. The number of pyridine rings is 1. The number of fused-ring (bicyclic) bond motifs is 3. The molecule has 1 atom stereocenters. The largest absolute Gasteiger partial charge is 0.390 e. The Hall–Kier alpha value is -1.89. The van der Waals surface area contributed by atoms with Gasteiger partial charge < -0.3 is 15.0 Å². The maximum Gasteiger partial charge on any atom is 0.262 e. The molecule has 1 unspecified atom stereocenters. The first kappa shape index (κ1) is 15.0. The maximum absolute atomic E-state index is 12.8. The summed E-state index contributed by atoms with van der Waals surface area (Å²) in [6.07, 6.45) is -0.661. The predicted octanol–water partition coefficient (Wildman–Crippen LogP) is 1.42. The van der Waals surface area contributed by atoms with Crippen molar-refractivity contribution in [3.8, 4) is 0 Å². The summed E-state index contributed by atoms with van der Waals surface area (Å²) in [5, 5.41) is 22.0. The second-order valence-electron chi connectivity index (χ2n) is 5.36. The van der Waals surface area contributed by atoms with Crippen LogP contribution in [0.1, 0.15) is 5.69 Å². The van der Waals surface area contributed by atoms with E-state index in [0.717, 1.165) is 5.39 Å². The number of aryl methyl sites for hydroxylation is 1. The normalized spacial score (nSPS) is 13.1. The van der Waals surface area contributed by atoms with Crippen molar-refractivity contribution in [1.29, 1.82) is 0 Å². The summed E-state index contributed by atoms with van der Waals surface area (Å²) < 4.78 is 1.58. The first-order valence-corrected chi connectivity index (χ1v) is 7.40. The summed E-state index contributed by atoms with van der Waals surface area (Å²) >= 11 is 6.09. The SMILES string of the molecule is CNCC(O)Cn1c(=O)c2c(C)[nH]nc2c2cc(Cl)ccc21. The molecule has 0 spiro atoms. The van der Waals surface area contributed by atoms with Gasteiger partial charge in [0.25, 0.3) is 5.56 Å². The van der Waals surface area contributed by atoms with E-state index in [1.807, 2.05) is 6.92 Å². The van der Waals surface area contributed by atoms with E-state index < -0.39 is 6.10 Å². The molecular weight excluding hydrogens is 304 g/mol. The molecule has 116 valence electrons. The van der Waals surface area contributed by atoms with Gasteiger partial charge in [-0.2, -0.15) is 5.10 Å². The summed E-state index contributed by atoms with van der Waals surface area (Å²) in [6.45, 7) is 2.42. The van der Waals surface area contributed by atoms with Crippen molar-refractivity contribution < 1.29 is 5.11 Å². The lowest BCUT2D eigenvalue weighted by Crippen LogP contribution is -2.32. The third-order valence-electron chi connectivity index (χ3n) is 3.74. The highest BCUT2D eigenvalue weighted by Crippen LogP contribution is 2.25. The van der Waals surface area contributed by atoms with E-state index in [9.17, 15) is 9.90 Å². The van der Waals surface area contributed by atoms with Crippen LogP contribution >= 0.6 is 11.6 Å². The van der Waals surface area contributed by atoms with Crippen LogP contribution < -0.4 is 10.9 Å². The van der Waals surface area contributed by atoms with Gasteiger partial charge in [-0.1, -0.05) is 11.6 Å². The Labute approximate surface area is 131 Å². The summed E-state index contributed by atoms with van der Waals surface area (Å²) in [7, 11) is 1.76. The number of rotatable bonds is 4. The average molecular weight is 321 g/mol. The molecule has 3 rings (SSSR count). The van der Waals surface area contributed by atoms with E-state index in [1.165, 1.54) is 0 Å². The van der Waals surface area contributed by atoms with Crippen LogP contribution in [0.2, 0.25) is 5.02 Å². The van der Waals surface area contributed by atoms with Crippen molar-refractivity contribution >= 4 is 33.4 Å². The molecule has 2 aromatic heterocycles. The lowest BCUT2D eigenvalue weighted by atomic mass is 10.1. The van der Waals surface area contributed by atoms with Crippen LogP contribution in [0.15, 0.2) is 23.0 Å². The Bertz CT molecular complexity index is 900. The van der Waals surface area contributed by atoms with Gasteiger partial charge in [0.05, 0.1) is 23.6 Å². The van der Waals surface area contributed by atoms with Gasteiger partial charge >= 0.3 is 0 Å². The fourth-order valence-corrected chi connectivity index (χ4v) is 2.93. The van der Waals surface area contributed by atoms with E-state index in [-0.39, 0.29) is 12.1 Å². The van der Waals surface area contributed by atoms with Crippen molar-refractivity contribution in [2.45, 2.75) is 19.6 Å². The van der Waals surface area contributed by atoms with Crippen molar-refractivity contribution in [3.63, 3.8) is 0 Å². The molecule has 0 fully saturated rings. The van der Waals surface area contributed by atoms with Crippen LogP contribution in [0, 0.1) is 6.92 Å². The summed E-state index contributed by atoms with van der Waals surface area (Å²) in [5.41, 5.74) is 1.87. The number of halogens is 1. The fraction of sp³-hybridized carbons (Fsp3) is 0.333. The van der Waals surface area contributed by atoms with E-state index in [4.69, 9.17) is 11.6 Å². The third kappa shape index (κ3) is 2.39. The maximum atomic E-state index is 12.8. The molecular formula is C15H17ClN4O2. The number of likely N-dealkylation sites (N-methyl/N-ethyl adjacent to an activating group) is 1. The molecule has 0 bridgehead atoms. The Morgan fingerprint density at radius 2 is 2.27 bits per heavy atom. The number of nitrogens with one attached hydrogen (secondary N) is 2. The number of aromatic nitrogens is 3. The van der Waals surface area contributed by atoms with Crippen molar-refractivity contribution in [3.05, 3.63) is 39.3 Å². The molecule has 0 aliphatic carbocycles. The Kier molecular flexibility index (Phi) is 3.90. The number of aliphatic hydroxyl groups excluding tert-OH is 1. The van der Waals surface area contributed by atoms with Gasteiger partial charge in [-0.05, 0) is 32.2 Å². The van der Waals surface area contributed by atoms with E-state index in [2.05, 4.69) is 15.5 Å². The lowest BCUT2D eigenvalue weighted by molar-refractivity contribution is 0.154. The number of hydrogen-bond donors (Lipinski definition) is 3. The number of benzene rings is 1. The molecule has 0 saturated heterocycles. The third-order valence-corrected chi connectivity index (χ3v) is 3.98. The van der Waals surface area contributed by atoms with Crippen molar-refractivity contribution in [1.82, 2.24) is 20.1 Å². The molecule has 0 radical (unpaired) electrons. The van der Waals surface area contributed by atoms with Crippen molar-refractivity contribution in [2.24, 2.45) is 0 Å². The first-order valence-electron chi connectivity index (χ1n) is 7.02. The second kappa shape index (κ2) is 5.72. The highest BCUT2D eigenvalue weighted by Gasteiger charge is 2.17. The fourth-order valence-electron chi connectivity index (χ4n) is 2.76. The van der Waals surface area contributed by atoms with E-state index in [0.29, 0.717) is 33.7 Å². The van der Waals surface area contributed by atoms with E-state index in [1.54, 1.807) is 29.8 Å². The molecule has 0 aliphatic heterocycles. The van der Waals surface area contributed by atoms with E-state index >= 15 is 0 Å². The molecule has 1 aromatic carbocycles. The average Bonchev–Trinajstić information content (AvgIpc) is 2.86. The molecule has 7 heteroatoms. The molecule has 3 aromatic rings. The molecule has 0 saturated carbocycles. The highest BCUT2D eigenvalue weighted by molar-refractivity contribution is 6.31. The molecule has 2 heterocycles. The number of hydrogen-bond acceptors (Lipinski definition) is 4. The van der Waals surface area contributed by atoms with Gasteiger partial charge in [-0.25, -0.2) is 0 Å². The molecule has 0 amide bonds. The topological polar surface area (TPSA) is 82.9 Å². The highest BCUT2D eigenvalue weighted by atomic mass is 35.5. The van der Waals surface area contributed by atoms with Crippen LogP contribution in [0.5, 0.6) is 0 Å². The lowest BCUT2D eigenvalue weighted by Gasteiger charge is -2.15. The molecule has 3 N–H and O–H groups in total. The summed E-state index contributed by atoms with van der Waals surface area (Å²) in [4.78, 5) is 12.8. The zero-order valence-corrected chi connectivity index (χ0v) is 13.1. The molecule has 6 nitrogen and oxygen atoms in total. The quantitative estimate of drug-likeness (QED) is 0.679. The number of nitrogens with zero attached hydrogens (tertiary/aromatic N) is 2. The van der Waals surface area contributed by atoms with Crippen LogP contribution in [0.3, 0.4) is 0 Å². The standard InChI is InChI=1S/C15H17ClN4O2/c1-8-13-14(19-18-8)11-5-9(16)3-4-12(11)20(15(13)22)7-10(21)6-17-2/h3-5,10,17,21H,6-7H2,1-2H3,(H,18,19). The number of H-pyrrole nitrogens is 1. The Morgan fingerprint density at radius 1 is 1.50 bits per heavy atom. The number of aromatic amines is 1. The van der Waals surface area contributed by atoms with Crippen LogP contribution in [0.25, 0.3) is 21.8 Å². The zero-order valence-electron chi connectivity index (χ0n) is 12.4. The van der Waals surface area contributed by atoms with Crippen LogP contribution in [-0.2, 0) is 6.54 Å². The van der Waals surface area contributed by atoms with Gasteiger partial charge in [0.2, 0.25) is 0 Å². The Morgan fingerprint density at radius 3 is 3.00 bits per heavy atom.